The highest BCUT2D eigenvalue weighted by Gasteiger charge is 2.18. The average Bonchev–Trinajstić information content (AvgIpc) is 2.72. The lowest BCUT2D eigenvalue weighted by Crippen LogP contribution is -2.08. The predicted molar refractivity (Wildman–Crippen MR) is 57.1 cm³/mol. The van der Waals surface area contributed by atoms with Gasteiger partial charge in [0.15, 0.2) is 5.69 Å². The summed E-state index contributed by atoms with van der Waals surface area (Å²) in [6.45, 7) is -3.15. The van der Waals surface area contributed by atoms with E-state index < -0.39 is 30.0 Å². The zero-order valence-corrected chi connectivity index (χ0v) is 9.26. The van der Waals surface area contributed by atoms with Gasteiger partial charge in [-0.3, -0.25) is 0 Å². The molecule has 1 N–H and O–H groups in total. The third-order valence-electron chi connectivity index (χ3n) is 2.16. The molecule has 0 saturated heterocycles. The SMILES string of the molecule is O=C(O)c1cc(OC(F)F)n(-c2cccc(F)c2)n1. The number of hydrogen-bond donors (Lipinski definition) is 1. The van der Waals surface area contributed by atoms with Gasteiger partial charge in [-0.25, -0.2) is 9.18 Å². The molecule has 0 unspecified atom stereocenters. The molecule has 0 radical (unpaired) electrons. The molecule has 1 heterocycles. The fraction of sp³-hybridized carbons (Fsp3) is 0.0909. The Morgan fingerprint density at radius 1 is 1.37 bits per heavy atom. The van der Waals surface area contributed by atoms with Gasteiger partial charge >= 0.3 is 12.6 Å². The molecular weight excluding hydrogens is 265 g/mol. The summed E-state index contributed by atoms with van der Waals surface area (Å²) in [5.74, 6) is -2.51. The summed E-state index contributed by atoms with van der Waals surface area (Å²) in [5, 5.41) is 12.3. The summed E-state index contributed by atoms with van der Waals surface area (Å²) in [5.41, 5.74) is -0.414. The molecule has 100 valence electrons. The first-order valence-corrected chi connectivity index (χ1v) is 5.01. The van der Waals surface area contributed by atoms with Crippen LogP contribution < -0.4 is 4.74 Å². The Kier molecular flexibility index (Phi) is 3.41. The van der Waals surface area contributed by atoms with Crippen molar-refractivity contribution in [1.82, 2.24) is 9.78 Å². The van der Waals surface area contributed by atoms with Gasteiger partial charge in [0.05, 0.1) is 5.69 Å². The molecule has 5 nitrogen and oxygen atoms in total. The molecule has 2 rings (SSSR count). The number of aromatic nitrogens is 2. The van der Waals surface area contributed by atoms with Crippen LogP contribution in [0.15, 0.2) is 30.3 Å². The van der Waals surface area contributed by atoms with E-state index in [0.29, 0.717) is 0 Å². The Labute approximate surface area is 104 Å². The van der Waals surface area contributed by atoms with Crippen molar-refractivity contribution in [2.75, 3.05) is 0 Å². The van der Waals surface area contributed by atoms with Gasteiger partial charge in [0.25, 0.3) is 0 Å². The van der Waals surface area contributed by atoms with Crippen LogP contribution in [-0.4, -0.2) is 27.5 Å². The molecular formula is C11H7F3N2O3. The summed E-state index contributed by atoms with van der Waals surface area (Å²) in [4.78, 5) is 10.8. The highest BCUT2D eigenvalue weighted by Crippen LogP contribution is 2.21. The summed E-state index contributed by atoms with van der Waals surface area (Å²) >= 11 is 0. The Morgan fingerprint density at radius 3 is 2.68 bits per heavy atom. The van der Waals surface area contributed by atoms with Crippen LogP contribution in [0.3, 0.4) is 0 Å². The van der Waals surface area contributed by atoms with Gasteiger partial charge in [-0.2, -0.15) is 18.6 Å². The Morgan fingerprint density at radius 2 is 2.11 bits per heavy atom. The van der Waals surface area contributed by atoms with E-state index in [4.69, 9.17) is 5.11 Å². The van der Waals surface area contributed by atoms with E-state index >= 15 is 0 Å². The second-order valence-electron chi connectivity index (χ2n) is 3.44. The van der Waals surface area contributed by atoms with Crippen LogP contribution in [0, 0.1) is 5.82 Å². The molecule has 0 bridgehead atoms. The van der Waals surface area contributed by atoms with E-state index in [-0.39, 0.29) is 5.69 Å². The number of halogens is 3. The molecule has 0 aliphatic heterocycles. The minimum Gasteiger partial charge on any atom is -0.476 e. The summed E-state index contributed by atoms with van der Waals surface area (Å²) < 4.78 is 42.5. The number of carbonyl (C=O) groups is 1. The molecule has 0 saturated carbocycles. The van der Waals surface area contributed by atoms with E-state index in [2.05, 4.69) is 9.84 Å². The minimum atomic E-state index is -3.15. The van der Waals surface area contributed by atoms with Gasteiger partial charge in [-0.05, 0) is 18.2 Å². The highest BCUT2D eigenvalue weighted by molar-refractivity contribution is 5.85. The molecule has 8 heteroatoms. The first-order chi connectivity index (χ1) is 8.97. The maximum Gasteiger partial charge on any atom is 0.388 e. The summed E-state index contributed by atoms with van der Waals surface area (Å²) in [6, 6.07) is 5.70. The number of alkyl halides is 2. The normalized spacial score (nSPS) is 10.7. The lowest BCUT2D eigenvalue weighted by Gasteiger charge is -2.07. The smallest absolute Gasteiger partial charge is 0.388 e. The number of ether oxygens (including phenoxy) is 1. The number of nitrogens with zero attached hydrogens (tertiary/aromatic N) is 2. The van der Waals surface area contributed by atoms with Crippen molar-refractivity contribution in [2.45, 2.75) is 6.61 Å². The molecule has 0 atom stereocenters. The monoisotopic (exact) mass is 272 g/mol. The molecule has 1 aromatic carbocycles. The van der Waals surface area contributed by atoms with Gasteiger partial charge in [0, 0.05) is 6.07 Å². The predicted octanol–water partition coefficient (Wildman–Crippen LogP) is 2.31. The molecule has 1 aromatic heterocycles. The number of aromatic carboxylic acids is 1. The third-order valence-corrected chi connectivity index (χ3v) is 2.16. The molecule has 2 aromatic rings. The van der Waals surface area contributed by atoms with Crippen molar-refractivity contribution in [2.24, 2.45) is 0 Å². The average molecular weight is 272 g/mol. The van der Waals surface area contributed by atoms with Crippen LogP contribution in [0.25, 0.3) is 5.69 Å². The molecule has 0 spiro atoms. The first-order valence-electron chi connectivity index (χ1n) is 5.01. The topological polar surface area (TPSA) is 64.3 Å². The molecule has 0 fully saturated rings. The van der Waals surface area contributed by atoms with Crippen molar-refractivity contribution in [3.63, 3.8) is 0 Å². The molecule has 0 aliphatic rings. The van der Waals surface area contributed by atoms with E-state index in [1.807, 2.05) is 0 Å². The zero-order valence-electron chi connectivity index (χ0n) is 9.26. The lowest BCUT2D eigenvalue weighted by molar-refractivity contribution is -0.0544. The van der Waals surface area contributed by atoms with E-state index in [9.17, 15) is 18.0 Å². The van der Waals surface area contributed by atoms with Gasteiger partial charge in [0.1, 0.15) is 5.82 Å². The molecule has 0 aliphatic carbocycles. The van der Waals surface area contributed by atoms with Crippen molar-refractivity contribution in [3.8, 4) is 11.6 Å². The van der Waals surface area contributed by atoms with E-state index in [1.165, 1.54) is 12.1 Å². The lowest BCUT2D eigenvalue weighted by atomic mass is 10.3. The highest BCUT2D eigenvalue weighted by atomic mass is 19.3. The standard InChI is InChI=1S/C11H7F3N2O3/c12-6-2-1-3-7(4-6)16-9(19-11(13)14)5-8(15-16)10(17)18/h1-5,11H,(H,17,18). The number of benzene rings is 1. The first kappa shape index (κ1) is 12.9. The number of carboxylic acids is 1. The molecule has 0 amide bonds. The van der Waals surface area contributed by atoms with Crippen molar-refractivity contribution >= 4 is 5.97 Å². The maximum absolute atomic E-state index is 13.1. The largest absolute Gasteiger partial charge is 0.476 e. The van der Waals surface area contributed by atoms with E-state index in [1.54, 1.807) is 0 Å². The van der Waals surface area contributed by atoms with Gasteiger partial charge < -0.3 is 9.84 Å². The Bertz CT molecular complexity index is 613. The fourth-order valence-electron chi connectivity index (χ4n) is 1.44. The Hall–Kier alpha value is -2.51. The van der Waals surface area contributed by atoms with Crippen LogP contribution in [-0.2, 0) is 0 Å². The van der Waals surface area contributed by atoms with Crippen molar-refractivity contribution in [3.05, 3.63) is 41.8 Å². The van der Waals surface area contributed by atoms with Gasteiger partial charge in [-0.1, -0.05) is 6.07 Å². The summed E-state index contributed by atoms with van der Waals surface area (Å²) in [6.07, 6.45) is 0. The quantitative estimate of drug-likeness (QED) is 0.927. The maximum atomic E-state index is 13.1. The van der Waals surface area contributed by atoms with Crippen LogP contribution in [0.5, 0.6) is 5.88 Å². The van der Waals surface area contributed by atoms with Crippen LogP contribution in [0.4, 0.5) is 13.2 Å². The number of hydrogen-bond acceptors (Lipinski definition) is 3. The zero-order chi connectivity index (χ0) is 14.0. The van der Waals surface area contributed by atoms with Crippen molar-refractivity contribution in [1.29, 1.82) is 0 Å². The second kappa shape index (κ2) is 5.01. The van der Waals surface area contributed by atoms with Gasteiger partial charge in [-0.15, -0.1) is 0 Å². The van der Waals surface area contributed by atoms with Crippen LogP contribution in [0.2, 0.25) is 0 Å². The van der Waals surface area contributed by atoms with Gasteiger partial charge in [0.2, 0.25) is 5.88 Å². The van der Waals surface area contributed by atoms with E-state index in [0.717, 1.165) is 22.9 Å². The number of rotatable bonds is 4. The minimum absolute atomic E-state index is 0.0724. The fourth-order valence-corrected chi connectivity index (χ4v) is 1.44. The summed E-state index contributed by atoms with van der Waals surface area (Å²) in [7, 11) is 0. The van der Waals surface area contributed by atoms with Crippen molar-refractivity contribution < 1.29 is 27.8 Å². The number of carboxylic acid groups (broad SMARTS) is 1. The third kappa shape index (κ3) is 2.84. The Balaban J connectivity index is 2.50. The second-order valence-corrected chi connectivity index (χ2v) is 3.44. The van der Waals surface area contributed by atoms with Crippen LogP contribution >= 0.6 is 0 Å². The molecule has 19 heavy (non-hydrogen) atoms. The van der Waals surface area contributed by atoms with Crippen LogP contribution in [0.1, 0.15) is 10.5 Å².